The summed E-state index contributed by atoms with van der Waals surface area (Å²) in [6, 6.07) is 17.8. The molecule has 0 aliphatic carbocycles. The number of hydrogen-bond acceptors (Lipinski definition) is 3. The van der Waals surface area contributed by atoms with Crippen molar-refractivity contribution in [1.29, 1.82) is 0 Å². The first-order chi connectivity index (χ1) is 12.7. The Hall–Kier alpha value is -1.37. The minimum Gasteiger partial charge on any atom is -0.319 e. The quantitative estimate of drug-likeness (QED) is 0.385. The Morgan fingerprint density at radius 1 is 1.11 bits per heavy atom. The molecule has 0 aliphatic rings. The molecule has 0 radical (unpaired) electrons. The molecule has 27 heavy (non-hydrogen) atoms. The first-order valence-electron chi connectivity index (χ1n) is 9.05. The van der Waals surface area contributed by atoms with Crippen molar-refractivity contribution in [1.82, 2.24) is 5.32 Å². The lowest BCUT2D eigenvalue weighted by atomic mass is 9.99. The summed E-state index contributed by atoms with van der Waals surface area (Å²) in [5.74, 6) is 2.62. The molecule has 2 atom stereocenters. The Labute approximate surface area is 171 Å². The second-order valence-electron chi connectivity index (χ2n) is 7.32. The third-order valence-corrected chi connectivity index (χ3v) is 6.53. The minimum atomic E-state index is -3.29. The second-order valence-corrected chi connectivity index (χ2v) is 10.4. The number of benzene rings is 2. The van der Waals surface area contributed by atoms with Crippen molar-refractivity contribution >= 4 is 23.3 Å². The van der Waals surface area contributed by atoms with Gasteiger partial charge in [-0.25, -0.2) is 0 Å². The van der Waals surface area contributed by atoms with Crippen molar-refractivity contribution in [2.45, 2.75) is 40.0 Å². The van der Waals surface area contributed by atoms with Gasteiger partial charge < -0.3 is 4.52 Å². The molecule has 0 heterocycles. The Balaban J connectivity index is 2.42. The van der Waals surface area contributed by atoms with Crippen molar-refractivity contribution in [2.75, 3.05) is 6.61 Å². The molecule has 0 amide bonds. The molecule has 144 valence electrons. The molecule has 1 N–H and O–H groups in total. The molecule has 2 aromatic carbocycles. The molecule has 0 saturated carbocycles. The third-order valence-electron chi connectivity index (χ3n) is 3.78. The van der Waals surface area contributed by atoms with Crippen LogP contribution in [0.5, 0.6) is 0 Å². The molecule has 2 rings (SSSR count). The van der Waals surface area contributed by atoms with Crippen LogP contribution in [-0.4, -0.2) is 6.61 Å². The van der Waals surface area contributed by atoms with E-state index >= 15 is 0 Å². The van der Waals surface area contributed by atoms with Crippen LogP contribution in [0.3, 0.4) is 0 Å². The third kappa shape index (κ3) is 6.94. The van der Waals surface area contributed by atoms with Crippen LogP contribution in [0, 0.1) is 17.0 Å². The molecular formula is C22H27BrNO2P. The highest BCUT2D eigenvalue weighted by atomic mass is 79.9. The summed E-state index contributed by atoms with van der Waals surface area (Å²) in [6.45, 7) is 8.78. The number of nitrogens with one attached hydrogen (secondary N) is 1. The fraction of sp³-hybridized carbons (Fsp3) is 0.364. The van der Waals surface area contributed by atoms with Crippen LogP contribution in [0.25, 0.3) is 0 Å². The zero-order valence-corrected chi connectivity index (χ0v) is 18.8. The van der Waals surface area contributed by atoms with Gasteiger partial charge in [-0.2, -0.15) is 0 Å². The van der Waals surface area contributed by atoms with E-state index in [-0.39, 0.29) is 5.41 Å². The van der Waals surface area contributed by atoms with E-state index < -0.39 is 13.2 Å². The van der Waals surface area contributed by atoms with Crippen LogP contribution < -0.4 is 5.32 Å². The van der Waals surface area contributed by atoms with Gasteiger partial charge in [0.25, 0.3) is 7.37 Å². The fourth-order valence-corrected chi connectivity index (χ4v) is 4.88. The van der Waals surface area contributed by atoms with E-state index in [1.54, 1.807) is 0 Å². The Kier molecular flexibility index (Phi) is 7.89. The highest BCUT2D eigenvalue weighted by molar-refractivity contribution is 9.10. The Morgan fingerprint density at radius 3 is 2.30 bits per heavy atom. The van der Waals surface area contributed by atoms with Crippen LogP contribution in [0.2, 0.25) is 0 Å². The van der Waals surface area contributed by atoms with E-state index in [9.17, 15) is 4.57 Å². The van der Waals surface area contributed by atoms with Crippen molar-refractivity contribution in [3.63, 3.8) is 0 Å². The smallest absolute Gasteiger partial charge is 0.294 e. The number of hydrogen-bond donors (Lipinski definition) is 1. The summed E-state index contributed by atoms with van der Waals surface area (Å²) in [5.41, 5.74) is 4.76. The molecule has 0 bridgehead atoms. The summed E-state index contributed by atoms with van der Waals surface area (Å²) < 4.78 is 20.5. The summed E-state index contributed by atoms with van der Waals surface area (Å²) in [4.78, 5) is 0. The molecule has 5 heteroatoms. The normalized spacial score (nSPS) is 14.7. The molecule has 2 aromatic rings. The predicted octanol–water partition coefficient (Wildman–Crippen LogP) is 6.56. The van der Waals surface area contributed by atoms with Crippen molar-refractivity contribution in [3.8, 4) is 11.6 Å². The van der Waals surface area contributed by atoms with Crippen LogP contribution in [-0.2, 0) is 15.6 Å². The summed E-state index contributed by atoms with van der Waals surface area (Å²) >= 11 is 3.46. The van der Waals surface area contributed by atoms with Gasteiger partial charge in [-0.15, -0.1) is 0 Å². The van der Waals surface area contributed by atoms with E-state index in [1.165, 1.54) is 0 Å². The maximum absolute atomic E-state index is 13.8. The van der Waals surface area contributed by atoms with Gasteiger partial charge >= 0.3 is 0 Å². The van der Waals surface area contributed by atoms with E-state index in [1.807, 2.05) is 82.3 Å². The monoisotopic (exact) mass is 447 g/mol. The highest BCUT2D eigenvalue weighted by Crippen LogP contribution is 2.58. The fourth-order valence-electron chi connectivity index (χ4n) is 2.50. The Bertz CT molecular complexity index is 833. The number of rotatable bonds is 7. The molecule has 3 nitrogen and oxygen atoms in total. The van der Waals surface area contributed by atoms with Crippen LogP contribution in [0.4, 0.5) is 0 Å². The van der Waals surface area contributed by atoms with Gasteiger partial charge in [0.15, 0.2) is 0 Å². The minimum absolute atomic E-state index is 0.254. The molecule has 0 saturated heterocycles. The zero-order valence-electron chi connectivity index (χ0n) is 16.3. The van der Waals surface area contributed by atoms with E-state index in [0.29, 0.717) is 13.2 Å². The first-order valence-corrected chi connectivity index (χ1v) is 11.5. The van der Waals surface area contributed by atoms with Gasteiger partial charge in [-0.1, -0.05) is 64.3 Å². The summed E-state index contributed by atoms with van der Waals surface area (Å²) in [6.07, 6.45) is 0. The van der Waals surface area contributed by atoms with E-state index in [2.05, 4.69) is 32.8 Å². The first kappa shape index (κ1) is 21.9. The molecule has 0 unspecified atom stereocenters. The highest BCUT2D eigenvalue weighted by Gasteiger charge is 2.34. The van der Waals surface area contributed by atoms with Gasteiger partial charge in [-0.3, -0.25) is 9.88 Å². The average Bonchev–Trinajstić information content (AvgIpc) is 2.62. The molecule has 0 spiro atoms. The van der Waals surface area contributed by atoms with Crippen molar-refractivity contribution in [2.24, 2.45) is 5.41 Å². The summed E-state index contributed by atoms with van der Waals surface area (Å²) in [7, 11) is -3.29. The van der Waals surface area contributed by atoms with Crippen molar-refractivity contribution < 1.29 is 9.09 Å². The lowest BCUT2D eigenvalue weighted by Gasteiger charge is -2.25. The van der Waals surface area contributed by atoms with Gasteiger partial charge in [0.2, 0.25) is 0 Å². The molecule has 0 aliphatic heterocycles. The largest absolute Gasteiger partial charge is 0.319 e. The van der Waals surface area contributed by atoms with Gasteiger partial charge in [0.1, 0.15) is 5.78 Å². The van der Waals surface area contributed by atoms with E-state index in [0.717, 1.165) is 15.6 Å². The molecule has 0 fully saturated rings. The zero-order chi connectivity index (χ0) is 19.9. The van der Waals surface area contributed by atoms with Crippen LogP contribution in [0.15, 0.2) is 59.1 Å². The SMILES string of the molecule is CCO[P@@](=O)(C#CC(C)(C)C)[C@@H](NCc1ccccc1)c1ccc(Br)cc1. The average molecular weight is 448 g/mol. The van der Waals surface area contributed by atoms with Crippen LogP contribution in [0.1, 0.15) is 44.6 Å². The maximum Gasteiger partial charge on any atom is 0.294 e. The van der Waals surface area contributed by atoms with Crippen LogP contribution >= 0.6 is 23.3 Å². The topological polar surface area (TPSA) is 38.3 Å². The summed E-state index contributed by atoms with van der Waals surface area (Å²) in [5, 5.41) is 3.43. The van der Waals surface area contributed by atoms with E-state index in [4.69, 9.17) is 4.52 Å². The second kappa shape index (κ2) is 9.71. The van der Waals surface area contributed by atoms with Gasteiger partial charge in [0, 0.05) is 16.4 Å². The molecular weight excluding hydrogens is 421 g/mol. The Morgan fingerprint density at radius 2 is 1.74 bits per heavy atom. The standard InChI is InChI=1S/C22H27BrNO2P/c1-5-26-27(25,16-15-22(2,3)4)21(19-11-13-20(23)14-12-19)24-17-18-9-7-6-8-10-18/h6-14,21,24H,5,17H2,1-4H3/t21-,27+/m1/s1. The maximum atomic E-state index is 13.8. The van der Waals surface area contributed by atoms with Gasteiger partial charge in [0.05, 0.1) is 6.61 Å². The lowest BCUT2D eigenvalue weighted by Crippen LogP contribution is -2.22. The lowest BCUT2D eigenvalue weighted by molar-refractivity contribution is 0.328. The van der Waals surface area contributed by atoms with Crippen molar-refractivity contribution in [3.05, 3.63) is 70.2 Å². The number of halogens is 1. The van der Waals surface area contributed by atoms with Gasteiger partial charge in [-0.05, 0) is 56.6 Å². The predicted molar refractivity (Wildman–Crippen MR) is 117 cm³/mol. The molecule has 0 aromatic heterocycles.